The van der Waals surface area contributed by atoms with E-state index in [4.69, 9.17) is 5.73 Å². The third kappa shape index (κ3) is 4.12. The standard InChI is InChI=1S/C17H27FN4O/c1-4-10(2)11-5-7-12(8-6-11)21-17-14(18)9-13(15(19)23)16(20-3)22-17/h9-12H,4-8H2,1-3H3,(H2,19,23)(H2,20,21,22). The number of nitrogens with zero attached hydrogens (tertiary/aromatic N) is 1. The molecule has 2 rings (SSSR count). The number of hydrogen-bond acceptors (Lipinski definition) is 4. The van der Waals surface area contributed by atoms with E-state index >= 15 is 0 Å². The summed E-state index contributed by atoms with van der Waals surface area (Å²) in [4.78, 5) is 15.5. The summed E-state index contributed by atoms with van der Waals surface area (Å²) in [5, 5.41) is 5.98. The predicted octanol–water partition coefficient (Wildman–Crippen LogP) is 3.38. The smallest absolute Gasteiger partial charge is 0.252 e. The molecule has 0 spiro atoms. The average molecular weight is 322 g/mol. The van der Waals surface area contributed by atoms with Crippen LogP contribution in [0.2, 0.25) is 0 Å². The maximum atomic E-state index is 14.2. The first-order chi connectivity index (χ1) is 11.0. The number of pyridine rings is 1. The van der Waals surface area contributed by atoms with Crippen molar-refractivity contribution in [2.75, 3.05) is 17.7 Å². The van der Waals surface area contributed by atoms with Crippen molar-refractivity contribution in [3.63, 3.8) is 0 Å². The van der Waals surface area contributed by atoms with Gasteiger partial charge in [0, 0.05) is 13.1 Å². The van der Waals surface area contributed by atoms with Gasteiger partial charge in [0.1, 0.15) is 5.82 Å². The Morgan fingerprint density at radius 3 is 2.57 bits per heavy atom. The fourth-order valence-corrected chi connectivity index (χ4v) is 3.33. The highest BCUT2D eigenvalue weighted by atomic mass is 19.1. The van der Waals surface area contributed by atoms with Crippen molar-refractivity contribution in [2.24, 2.45) is 17.6 Å². The molecular weight excluding hydrogens is 295 g/mol. The number of halogens is 1. The van der Waals surface area contributed by atoms with Crippen molar-refractivity contribution in [1.29, 1.82) is 0 Å². The van der Waals surface area contributed by atoms with Gasteiger partial charge < -0.3 is 16.4 Å². The van der Waals surface area contributed by atoms with Crippen molar-refractivity contribution >= 4 is 17.5 Å². The van der Waals surface area contributed by atoms with Gasteiger partial charge in [-0.3, -0.25) is 4.79 Å². The number of carbonyl (C=O) groups excluding carboxylic acids is 1. The van der Waals surface area contributed by atoms with Crippen LogP contribution in [0.15, 0.2) is 6.07 Å². The van der Waals surface area contributed by atoms with Crippen LogP contribution in [0.1, 0.15) is 56.3 Å². The molecule has 1 aliphatic rings. The lowest BCUT2D eigenvalue weighted by molar-refractivity contribution is 0.100. The maximum absolute atomic E-state index is 14.2. The van der Waals surface area contributed by atoms with Crippen molar-refractivity contribution < 1.29 is 9.18 Å². The minimum absolute atomic E-state index is 0.0658. The number of primary amides is 1. The van der Waals surface area contributed by atoms with Crippen molar-refractivity contribution in [3.05, 3.63) is 17.4 Å². The molecule has 23 heavy (non-hydrogen) atoms. The molecule has 0 saturated heterocycles. The van der Waals surface area contributed by atoms with Gasteiger partial charge in [0.15, 0.2) is 11.6 Å². The number of rotatable bonds is 6. The van der Waals surface area contributed by atoms with E-state index in [0.29, 0.717) is 5.82 Å². The Bertz CT molecular complexity index is 556. The van der Waals surface area contributed by atoms with Crippen molar-refractivity contribution in [1.82, 2.24) is 4.98 Å². The van der Waals surface area contributed by atoms with Crippen molar-refractivity contribution in [2.45, 2.75) is 52.0 Å². The molecule has 1 aliphatic carbocycles. The van der Waals surface area contributed by atoms with Gasteiger partial charge in [0.2, 0.25) is 0 Å². The summed E-state index contributed by atoms with van der Waals surface area (Å²) < 4.78 is 14.2. The summed E-state index contributed by atoms with van der Waals surface area (Å²) in [6, 6.07) is 1.37. The molecule has 0 radical (unpaired) electrons. The lowest BCUT2D eigenvalue weighted by atomic mass is 9.78. The molecule has 5 nitrogen and oxygen atoms in total. The molecule has 0 aromatic carbocycles. The lowest BCUT2D eigenvalue weighted by Gasteiger charge is -2.32. The molecule has 1 fully saturated rings. The molecule has 1 amide bonds. The van der Waals surface area contributed by atoms with Crippen LogP contribution >= 0.6 is 0 Å². The Morgan fingerprint density at radius 1 is 1.39 bits per heavy atom. The van der Waals surface area contributed by atoms with E-state index in [9.17, 15) is 9.18 Å². The Labute approximate surface area is 137 Å². The maximum Gasteiger partial charge on any atom is 0.252 e. The Hall–Kier alpha value is -1.85. The normalized spacial score (nSPS) is 22.4. The first-order valence-corrected chi connectivity index (χ1v) is 8.40. The number of nitrogens with one attached hydrogen (secondary N) is 2. The van der Waals surface area contributed by atoms with Crippen LogP contribution in [-0.4, -0.2) is 24.0 Å². The topological polar surface area (TPSA) is 80.0 Å². The van der Waals surface area contributed by atoms with E-state index in [1.165, 1.54) is 6.42 Å². The third-order valence-corrected chi connectivity index (χ3v) is 5.04. The molecule has 6 heteroatoms. The van der Waals surface area contributed by atoms with Gasteiger partial charge in [0.05, 0.1) is 5.56 Å². The molecular formula is C17H27FN4O. The Balaban J connectivity index is 2.05. The van der Waals surface area contributed by atoms with Gasteiger partial charge in [-0.05, 0) is 43.6 Å². The summed E-state index contributed by atoms with van der Waals surface area (Å²) in [5.74, 6) is 0.766. The highest BCUT2D eigenvalue weighted by Crippen LogP contribution is 2.33. The van der Waals surface area contributed by atoms with Crippen LogP contribution in [0, 0.1) is 17.7 Å². The summed E-state index contributed by atoms with van der Waals surface area (Å²) in [6.07, 6.45) is 5.56. The van der Waals surface area contributed by atoms with Gasteiger partial charge >= 0.3 is 0 Å². The first kappa shape index (κ1) is 17.5. The Kier molecular flexibility index (Phi) is 5.80. The number of amides is 1. The van der Waals surface area contributed by atoms with Gasteiger partial charge in [-0.1, -0.05) is 20.3 Å². The highest BCUT2D eigenvalue weighted by molar-refractivity contribution is 5.97. The number of nitrogens with two attached hydrogens (primary N) is 1. The molecule has 128 valence electrons. The third-order valence-electron chi connectivity index (χ3n) is 5.04. The zero-order valence-corrected chi connectivity index (χ0v) is 14.2. The monoisotopic (exact) mass is 322 g/mol. The van der Waals surface area contributed by atoms with Gasteiger partial charge in [-0.25, -0.2) is 9.37 Å². The minimum atomic E-state index is -0.693. The summed E-state index contributed by atoms with van der Waals surface area (Å²) >= 11 is 0. The minimum Gasteiger partial charge on any atom is -0.372 e. The van der Waals surface area contributed by atoms with Crippen LogP contribution in [0.5, 0.6) is 0 Å². The van der Waals surface area contributed by atoms with Crippen LogP contribution in [0.4, 0.5) is 16.0 Å². The summed E-state index contributed by atoms with van der Waals surface area (Å²) in [5.41, 5.74) is 5.31. The first-order valence-electron chi connectivity index (χ1n) is 8.40. The second-order valence-electron chi connectivity index (χ2n) is 6.47. The highest BCUT2D eigenvalue weighted by Gasteiger charge is 2.25. The van der Waals surface area contributed by atoms with Gasteiger partial charge in [-0.15, -0.1) is 0 Å². The number of carbonyl (C=O) groups is 1. The molecule has 1 unspecified atom stereocenters. The second kappa shape index (κ2) is 7.62. The molecule has 1 saturated carbocycles. The predicted molar refractivity (Wildman–Crippen MR) is 91.1 cm³/mol. The molecule has 1 heterocycles. The number of aromatic nitrogens is 1. The zero-order chi connectivity index (χ0) is 17.0. The summed E-state index contributed by atoms with van der Waals surface area (Å²) in [7, 11) is 1.63. The molecule has 4 N–H and O–H groups in total. The quantitative estimate of drug-likeness (QED) is 0.750. The van der Waals surface area contributed by atoms with E-state index in [0.717, 1.165) is 43.6 Å². The van der Waals surface area contributed by atoms with E-state index in [2.05, 4.69) is 29.5 Å². The average Bonchev–Trinajstić information content (AvgIpc) is 2.56. The number of hydrogen-bond donors (Lipinski definition) is 3. The Morgan fingerprint density at radius 2 is 2.04 bits per heavy atom. The van der Waals surface area contributed by atoms with Crippen LogP contribution in [0.3, 0.4) is 0 Å². The SMILES string of the molecule is CCC(C)C1CCC(Nc2nc(NC)c(C(N)=O)cc2F)CC1. The molecule has 1 aromatic heterocycles. The molecule has 1 aromatic rings. The lowest BCUT2D eigenvalue weighted by Crippen LogP contribution is -2.29. The molecule has 1 atom stereocenters. The molecule has 0 aliphatic heterocycles. The van der Waals surface area contributed by atoms with Crippen molar-refractivity contribution in [3.8, 4) is 0 Å². The van der Waals surface area contributed by atoms with E-state index < -0.39 is 11.7 Å². The van der Waals surface area contributed by atoms with Crippen LogP contribution < -0.4 is 16.4 Å². The largest absolute Gasteiger partial charge is 0.372 e. The van der Waals surface area contributed by atoms with E-state index in [1.807, 2.05) is 0 Å². The fraction of sp³-hybridized carbons (Fsp3) is 0.647. The summed E-state index contributed by atoms with van der Waals surface area (Å²) in [6.45, 7) is 4.54. The molecule has 0 bridgehead atoms. The van der Waals surface area contributed by atoms with Gasteiger partial charge in [-0.2, -0.15) is 0 Å². The fourth-order valence-electron chi connectivity index (χ4n) is 3.33. The second-order valence-corrected chi connectivity index (χ2v) is 6.47. The zero-order valence-electron chi connectivity index (χ0n) is 14.2. The van der Waals surface area contributed by atoms with Crippen LogP contribution in [-0.2, 0) is 0 Å². The van der Waals surface area contributed by atoms with Gasteiger partial charge in [0.25, 0.3) is 5.91 Å². The van der Waals surface area contributed by atoms with E-state index in [1.54, 1.807) is 7.05 Å². The number of anilines is 2. The van der Waals surface area contributed by atoms with Crippen LogP contribution in [0.25, 0.3) is 0 Å². The van der Waals surface area contributed by atoms with E-state index in [-0.39, 0.29) is 17.4 Å².